The molecule has 0 radical (unpaired) electrons. The lowest BCUT2D eigenvalue weighted by molar-refractivity contribution is 0.0982. The van der Waals surface area contributed by atoms with Crippen molar-refractivity contribution in [1.82, 2.24) is 24.2 Å². The molecule has 192 valence electrons. The van der Waals surface area contributed by atoms with Gasteiger partial charge in [0.25, 0.3) is 5.91 Å². The van der Waals surface area contributed by atoms with Crippen LogP contribution in [0.1, 0.15) is 48.5 Å². The highest BCUT2D eigenvalue weighted by Crippen LogP contribution is 2.37. The first-order valence-electron chi connectivity index (χ1n) is 12.7. The Hall–Kier alpha value is -4.11. The molecular weight excluding hydrogens is 498 g/mol. The highest BCUT2D eigenvalue weighted by atomic mass is 32.2. The van der Waals surface area contributed by atoms with E-state index in [1.807, 2.05) is 59.3 Å². The molecule has 2 heterocycles. The molecule has 0 saturated heterocycles. The van der Waals surface area contributed by atoms with Crippen LogP contribution in [-0.4, -0.2) is 40.1 Å². The van der Waals surface area contributed by atoms with Crippen molar-refractivity contribution in [3.8, 4) is 22.6 Å². The van der Waals surface area contributed by atoms with Crippen molar-refractivity contribution in [2.45, 2.75) is 38.1 Å². The monoisotopic (exact) mass is 525 g/mol. The van der Waals surface area contributed by atoms with Gasteiger partial charge in [-0.3, -0.25) is 9.78 Å². The molecule has 1 aliphatic rings. The molecule has 0 atom stereocenters. The van der Waals surface area contributed by atoms with E-state index in [0.717, 1.165) is 71.1 Å². The van der Waals surface area contributed by atoms with Gasteiger partial charge in [-0.15, -0.1) is 0 Å². The lowest BCUT2D eigenvalue weighted by Crippen LogP contribution is -2.29. The van der Waals surface area contributed by atoms with E-state index < -0.39 is 15.9 Å². The minimum Gasteiger partial charge on any atom is -0.321 e. The molecule has 6 rings (SSSR count). The van der Waals surface area contributed by atoms with Crippen molar-refractivity contribution in [3.05, 3.63) is 78.5 Å². The Morgan fingerprint density at radius 1 is 0.868 bits per heavy atom. The third-order valence-corrected chi connectivity index (χ3v) is 7.60. The van der Waals surface area contributed by atoms with E-state index in [-0.39, 0.29) is 11.6 Å². The third kappa shape index (κ3) is 4.77. The molecule has 2 aromatic heterocycles. The zero-order valence-corrected chi connectivity index (χ0v) is 21.8. The number of rotatable bonds is 5. The van der Waals surface area contributed by atoms with Crippen molar-refractivity contribution >= 4 is 38.0 Å². The van der Waals surface area contributed by atoms with Crippen LogP contribution in [0.5, 0.6) is 0 Å². The number of carbonyl (C=O) groups excluding carboxylic acids is 1. The van der Waals surface area contributed by atoms with Crippen LogP contribution in [0.2, 0.25) is 0 Å². The molecular formula is C29H27N5O3S. The number of imidazole rings is 1. The molecule has 1 saturated carbocycles. The van der Waals surface area contributed by atoms with E-state index in [9.17, 15) is 13.2 Å². The van der Waals surface area contributed by atoms with E-state index in [0.29, 0.717) is 5.52 Å². The third-order valence-electron chi connectivity index (χ3n) is 7.04. The average Bonchev–Trinajstić information content (AvgIpc) is 3.31. The zero-order chi connectivity index (χ0) is 26.3. The van der Waals surface area contributed by atoms with E-state index >= 15 is 0 Å². The predicted octanol–water partition coefficient (Wildman–Crippen LogP) is 5.51. The highest BCUT2D eigenvalue weighted by Gasteiger charge is 2.24. The van der Waals surface area contributed by atoms with Gasteiger partial charge in [0.05, 0.1) is 40.2 Å². The number of nitrogens with one attached hydrogen (secondary N) is 1. The maximum Gasteiger partial charge on any atom is 0.264 e. The smallest absolute Gasteiger partial charge is 0.264 e. The van der Waals surface area contributed by atoms with Crippen molar-refractivity contribution in [2.75, 3.05) is 6.26 Å². The first kappa shape index (κ1) is 24.2. The zero-order valence-electron chi connectivity index (χ0n) is 21.0. The number of fused-ring (bicyclic) bond motifs is 2. The quantitative estimate of drug-likeness (QED) is 0.324. The number of aromatic nitrogens is 4. The molecule has 0 spiro atoms. The Bertz CT molecular complexity index is 1770. The Labute approximate surface area is 220 Å². The van der Waals surface area contributed by atoms with Gasteiger partial charge in [-0.2, -0.15) is 0 Å². The van der Waals surface area contributed by atoms with Crippen LogP contribution in [0.3, 0.4) is 0 Å². The van der Waals surface area contributed by atoms with Gasteiger partial charge < -0.3 is 4.57 Å². The summed E-state index contributed by atoms with van der Waals surface area (Å²) < 4.78 is 27.5. The second kappa shape index (κ2) is 9.64. The Balaban J connectivity index is 1.48. The Kier molecular flexibility index (Phi) is 6.15. The van der Waals surface area contributed by atoms with Crippen molar-refractivity contribution in [2.24, 2.45) is 0 Å². The van der Waals surface area contributed by atoms with Crippen molar-refractivity contribution in [1.29, 1.82) is 0 Å². The second-order valence-corrected chi connectivity index (χ2v) is 11.6. The van der Waals surface area contributed by atoms with Gasteiger partial charge in [0.1, 0.15) is 5.82 Å². The summed E-state index contributed by atoms with van der Waals surface area (Å²) in [5.74, 6) is 0.138. The fourth-order valence-electron chi connectivity index (χ4n) is 5.28. The normalized spacial score (nSPS) is 14.7. The van der Waals surface area contributed by atoms with Crippen LogP contribution >= 0.6 is 0 Å². The lowest BCUT2D eigenvalue weighted by Gasteiger charge is -2.25. The highest BCUT2D eigenvalue weighted by molar-refractivity contribution is 7.89. The molecule has 0 aliphatic heterocycles. The van der Waals surface area contributed by atoms with Crippen molar-refractivity contribution < 1.29 is 13.2 Å². The Morgan fingerprint density at radius 2 is 1.66 bits per heavy atom. The van der Waals surface area contributed by atoms with Gasteiger partial charge >= 0.3 is 0 Å². The summed E-state index contributed by atoms with van der Waals surface area (Å²) >= 11 is 0. The number of hydrogen-bond acceptors (Lipinski definition) is 6. The number of benzene rings is 3. The molecule has 3 aromatic carbocycles. The first-order chi connectivity index (χ1) is 18.4. The van der Waals surface area contributed by atoms with Gasteiger partial charge in [-0.1, -0.05) is 49.6 Å². The summed E-state index contributed by atoms with van der Waals surface area (Å²) in [7, 11) is -3.67. The summed E-state index contributed by atoms with van der Waals surface area (Å²) in [6.07, 6.45) is 8.40. The van der Waals surface area contributed by atoms with E-state index in [4.69, 9.17) is 9.97 Å². The predicted molar refractivity (Wildman–Crippen MR) is 148 cm³/mol. The molecule has 0 bridgehead atoms. The van der Waals surface area contributed by atoms with Crippen molar-refractivity contribution in [3.63, 3.8) is 0 Å². The Morgan fingerprint density at radius 3 is 2.42 bits per heavy atom. The molecule has 38 heavy (non-hydrogen) atoms. The summed E-state index contributed by atoms with van der Waals surface area (Å²) in [5.41, 5.74) is 6.12. The summed E-state index contributed by atoms with van der Waals surface area (Å²) in [6.45, 7) is 0. The standard InChI is InChI=1S/C29H27N5O3S/c1-38(36,37)33-29(35)21-13-15-27-25(17-21)32-28(34(27)22-10-6-3-7-11-22)20-12-14-23-24(16-20)31-26(18-30-23)19-8-4-2-5-9-19/h2,4-5,8-9,12-18,22H,3,6-7,10-11H2,1H3,(H,33,35). The largest absolute Gasteiger partial charge is 0.321 e. The van der Waals surface area contributed by atoms with Gasteiger partial charge in [0.2, 0.25) is 10.0 Å². The maximum atomic E-state index is 12.5. The fraction of sp³-hybridized carbons (Fsp3) is 0.241. The summed E-state index contributed by atoms with van der Waals surface area (Å²) in [6, 6.07) is 21.4. The van der Waals surface area contributed by atoms with Crippen LogP contribution < -0.4 is 4.72 Å². The maximum absolute atomic E-state index is 12.5. The summed E-state index contributed by atoms with van der Waals surface area (Å²) in [5, 5.41) is 0. The number of hydrogen-bond donors (Lipinski definition) is 1. The van der Waals surface area contributed by atoms with Gasteiger partial charge in [-0.05, 0) is 49.2 Å². The van der Waals surface area contributed by atoms with E-state index in [1.54, 1.807) is 18.3 Å². The van der Waals surface area contributed by atoms with Crippen LogP contribution in [0.25, 0.3) is 44.7 Å². The van der Waals surface area contributed by atoms with Gasteiger partial charge in [-0.25, -0.2) is 23.1 Å². The van der Waals surface area contributed by atoms with E-state index in [1.165, 1.54) is 6.42 Å². The van der Waals surface area contributed by atoms with Crippen LogP contribution in [0.15, 0.2) is 72.9 Å². The molecule has 1 amide bonds. The minimum atomic E-state index is -3.67. The van der Waals surface area contributed by atoms with Crippen LogP contribution in [-0.2, 0) is 10.0 Å². The molecule has 1 fully saturated rings. The van der Waals surface area contributed by atoms with Crippen LogP contribution in [0.4, 0.5) is 0 Å². The number of carbonyl (C=O) groups is 1. The number of nitrogens with zero attached hydrogens (tertiary/aromatic N) is 4. The topological polar surface area (TPSA) is 107 Å². The molecule has 8 nitrogen and oxygen atoms in total. The lowest BCUT2D eigenvalue weighted by atomic mass is 9.94. The van der Waals surface area contributed by atoms with Crippen LogP contribution in [0, 0.1) is 0 Å². The SMILES string of the molecule is CS(=O)(=O)NC(=O)c1ccc2c(c1)nc(-c1ccc3ncc(-c4ccccc4)nc3c1)n2C1CCCCC1. The molecule has 1 aliphatic carbocycles. The number of amides is 1. The van der Waals surface area contributed by atoms with Gasteiger partial charge in [0.15, 0.2) is 0 Å². The molecule has 9 heteroatoms. The fourth-order valence-corrected chi connectivity index (χ4v) is 5.73. The van der Waals surface area contributed by atoms with Gasteiger partial charge in [0, 0.05) is 22.7 Å². The molecule has 5 aromatic rings. The minimum absolute atomic E-state index is 0.250. The summed E-state index contributed by atoms with van der Waals surface area (Å²) in [4.78, 5) is 27.0. The van der Waals surface area contributed by atoms with E-state index in [2.05, 4.69) is 9.55 Å². The second-order valence-electron chi connectivity index (χ2n) is 9.83. The number of sulfonamides is 1. The molecule has 1 N–H and O–H groups in total. The average molecular weight is 526 g/mol. The first-order valence-corrected chi connectivity index (χ1v) is 14.6. The molecule has 0 unspecified atom stereocenters.